The van der Waals surface area contributed by atoms with Crippen molar-refractivity contribution in [3.63, 3.8) is 0 Å². The molecule has 27 heavy (non-hydrogen) atoms. The lowest BCUT2D eigenvalue weighted by molar-refractivity contribution is 0.0684. The number of fused-ring (bicyclic) bond motifs is 1. The standard InChI is InChI=1S/C22H26N4O/c1-2-26-21-13-12-18(16-20(21)23-24-26)22(27)25(19-10-6-7-11-19)15-14-17-8-4-3-5-9-17/h3-5,8-9,12-13,16,19H,2,6-7,10-11,14-15H2,1H3. The van der Waals surface area contributed by atoms with Gasteiger partial charge < -0.3 is 4.90 Å². The number of aromatic nitrogens is 3. The Hall–Kier alpha value is -2.69. The van der Waals surface area contributed by atoms with Crippen molar-refractivity contribution in [1.29, 1.82) is 0 Å². The zero-order valence-corrected chi connectivity index (χ0v) is 15.8. The van der Waals surface area contributed by atoms with E-state index in [1.54, 1.807) is 0 Å². The number of carbonyl (C=O) groups is 1. The summed E-state index contributed by atoms with van der Waals surface area (Å²) < 4.78 is 1.85. The molecule has 1 aliphatic rings. The van der Waals surface area contributed by atoms with E-state index in [9.17, 15) is 4.79 Å². The first kappa shape index (κ1) is 17.7. The van der Waals surface area contributed by atoms with E-state index in [2.05, 4.69) is 39.5 Å². The number of carbonyl (C=O) groups excluding carboxylic acids is 1. The number of nitrogens with zero attached hydrogens (tertiary/aromatic N) is 4. The van der Waals surface area contributed by atoms with Crippen molar-refractivity contribution < 1.29 is 4.79 Å². The molecule has 1 aliphatic carbocycles. The van der Waals surface area contributed by atoms with Crippen molar-refractivity contribution in [3.05, 3.63) is 59.7 Å². The monoisotopic (exact) mass is 362 g/mol. The minimum absolute atomic E-state index is 0.116. The van der Waals surface area contributed by atoms with E-state index >= 15 is 0 Å². The largest absolute Gasteiger partial charge is 0.335 e. The summed E-state index contributed by atoms with van der Waals surface area (Å²) in [4.78, 5) is 15.4. The highest BCUT2D eigenvalue weighted by Gasteiger charge is 2.27. The van der Waals surface area contributed by atoms with Crippen molar-refractivity contribution in [1.82, 2.24) is 19.9 Å². The van der Waals surface area contributed by atoms with Gasteiger partial charge in [0.25, 0.3) is 5.91 Å². The molecule has 0 radical (unpaired) electrons. The third-order valence-electron chi connectivity index (χ3n) is 5.57. The predicted octanol–water partition coefficient (Wildman–Crippen LogP) is 4.08. The molecule has 5 heteroatoms. The zero-order valence-electron chi connectivity index (χ0n) is 15.8. The Morgan fingerprint density at radius 2 is 1.93 bits per heavy atom. The Bertz CT molecular complexity index is 912. The third-order valence-corrected chi connectivity index (χ3v) is 5.57. The predicted molar refractivity (Wildman–Crippen MR) is 107 cm³/mol. The van der Waals surface area contributed by atoms with Crippen LogP contribution in [0.5, 0.6) is 0 Å². The Kier molecular flexibility index (Phi) is 5.19. The summed E-state index contributed by atoms with van der Waals surface area (Å²) in [6.45, 7) is 3.57. The lowest BCUT2D eigenvalue weighted by atomic mass is 10.1. The Morgan fingerprint density at radius 3 is 2.67 bits per heavy atom. The summed E-state index contributed by atoms with van der Waals surface area (Å²) >= 11 is 0. The van der Waals surface area contributed by atoms with Crippen LogP contribution in [0, 0.1) is 0 Å². The topological polar surface area (TPSA) is 51.0 Å². The molecule has 1 fully saturated rings. The smallest absolute Gasteiger partial charge is 0.254 e. The van der Waals surface area contributed by atoms with Gasteiger partial charge in [0.1, 0.15) is 5.52 Å². The summed E-state index contributed by atoms with van der Waals surface area (Å²) in [7, 11) is 0. The molecule has 5 nitrogen and oxygen atoms in total. The first-order valence-electron chi connectivity index (χ1n) is 9.94. The number of amides is 1. The van der Waals surface area contributed by atoms with Crippen molar-refractivity contribution in [2.75, 3.05) is 6.54 Å². The molecule has 2 aromatic carbocycles. The van der Waals surface area contributed by atoms with Crippen molar-refractivity contribution in [2.24, 2.45) is 0 Å². The molecule has 1 heterocycles. The molecule has 0 unspecified atom stereocenters. The first-order valence-corrected chi connectivity index (χ1v) is 9.94. The van der Waals surface area contributed by atoms with Crippen LogP contribution in [0.25, 0.3) is 11.0 Å². The van der Waals surface area contributed by atoms with Crippen LogP contribution in [-0.2, 0) is 13.0 Å². The minimum atomic E-state index is 0.116. The van der Waals surface area contributed by atoms with Crippen LogP contribution in [0.4, 0.5) is 0 Å². The fourth-order valence-corrected chi connectivity index (χ4v) is 4.06. The molecule has 0 aliphatic heterocycles. The number of hydrogen-bond acceptors (Lipinski definition) is 3. The molecule has 0 N–H and O–H groups in total. The first-order chi connectivity index (χ1) is 13.3. The summed E-state index contributed by atoms with van der Waals surface area (Å²) in [5, 5.41) is 8.38. The molecule has 3 aromatic rings. The molecule has 0 bridgehead atoms. The number of hydrogen-bond donors (Lipinski definition) is 0. The van der Waals surface area contributed by atoms with Crippen molar-refractivity contribution in [2.45, 2.75) is 51.6 Å². The van der Waals surface area contributed by atoms with E-state index < -0.39 is 0 Å². The molecular formula is C22H26N4O. The Morgan fingerprint density at radius 1 is 1.15 bits per heavy atom. The summed E-state index contributed by atoms with van der Waals surface area (Å²) in [5.41, 5.74) is 3.75. The van der Waals surface area contributed by atoms with Crippen LogP contribution in [0.15, 0.2) is 48.5 Å². The van der Waals surface area contributed by atoms with Gasteiger partial charge in [-0.15, -0.1) is 5.10 Å². The molecule has 4 rings (SSSR count). The average molecular weight is 362 g/mol. The van der Waals surface area contributed by atoms with Crippen LogP contribution >= 0.6 is 0 Å². The van der Waals surface area contributed by atoms with Crippen LogP contribution in [0.2, 0.25) is 0 Å². The minimum Gasteiger partial charge on any atom is -0.335 e. The van der Waals surface area contributed by atoms with E-state index in [0.717, 1.165) is 43.4 Å². The SMILES string of the molecule is CCn1nnc2cc(C(=O)N(CCc3ccccc3)C3CCCC3)ccc21. The van der Waals surface area contributed by atoms with E-state index in [1.807, 2.05) is 35.9 Å². The molecule has 1 amide bonds. The number of benzene rings is 2. The van der Waals surface area contributed by atoms with Gasteiger partial charge in [-0.2, -0.15) is 0 Å². The van der Waals surface area contributed by atoms with E-state index in [-0.39, 0.29) is 5.91 Å². The third kappa shape index (κ3) is 3.72. The molecular weight excluding hydrogens is 336 g/mol. The summed E-state index contributed by atoms with van der Waals surface area (Å²) in [6, 6.07) is 16.5. The van der Waals surface area contributed by atoms with Gasteiger partial charge in [-0.25, -0.2) is 4.68 Å². The maximum Gasteiger partial charge on any atom is 0.254 e. The fraction of sp³-hybridized carbons (Fsp3) is 0.409. The molecule has 0 atom stereocenters. The Balaban J connectivity index is 1.57. The van der Waals surface area contributed by atoms with E-state index in [0.29, 0.717) is 11.6 Å². The van der Waals surface area contributed by atoms with Gasteiger partial charge in [-0.1, -0.05) is 48.4 Å². The lowest BCUT2D eigenvalue weighted by Gasteiger charge is -2.29. The highest BCUT2D eigenvalue weighted by atomic mass is 16.2. The normalized spacial score (nSPS) is 14.7. The average Bonchev–Trinajstić information content (AvgIpc) is 3.38. The maximum absolute atomic E-state index is 13.3. The highest BCUT2D eigenvalue weighted by Crippen LogP contribution is 2.26. The molecule has 1 aromatic heterocycles. The quantitative estimate of drug-likeness (QED) is 0.664. The van der Waals surface area contributed by atoms with Gasteiger partial charge in [-0.3, -0.25) is 4.79 Å². The lowest BCUT2D eigenvalue weighted by Crippen LogP contribution is -2.40. The van der Waals surface area contributed by atoms with Crippen LogP contribution in [0.3, 0.4) is 0 Å². The van der Waals surface area contributed by atoms with Crippen LogP contribution < -0.4 is 0 Å². The van der Waals surface area contributed by atoms with Crippen LogP contribution in [0.1, 0.15) is 48.5 Å². The fourth-order valence-electron chi connectivity index (χ4n) is 4.06. The maximum atomic E-state index is 13.3. The molecule has 140 valence electrons. The van der Waals surface area contributed by atoms with Gasteiger partial charge in [0.05, 0.1) is 5.52 Å². The highest BCUT2D eigenvalue weighted by molar-refractivity contribution is 5.97. The Labute approximate surface area is 160 Å². The van der Waals surface area contributed by atoms with Gasteiger partial charge in [0.15, 0.2) is 0 Å². The molecule has 0 saturated heterocycles. The van der Waals surface area contributed by atoms with E-state index in [4.69, 9.17) is 0 Å². The van der Waals surface area contributed by atoms with Gasteiger partial charge >= 0.3 is 0 Å². The second-order valence-electron chi connectivity index (χ2n) is 7.28. The number of rotatable bonds is 6. The number of aryl methyl sites for hydroxylation is 1. The van der Waals surface area contributed by atoms with Crippen molar-refractivity contribution in [3.8, 4) is 0 Å². The second-order valence-corrected chi connectivity index (χ2v) is 7.28. The summed E-state index contributed by atoms with van der Waals surface area (Å²) in [5.74, 6) is 0.116. The summed E-state index contributed by atoms with van der Waals surface area (Å²) in [6.07, 6.45) is 5.52. The van der Waals surface area contributed by atoms with Gasteiger partial charge in [-0.05, 0) is 49.9 Å². The van der Waals surface area contributed by atoms with Gasteiger partial charge in [0, 0.05) is 24.7 Å². The second kappa shape index (κ2) is 7.91. The molecule has 1 saturated carbocycles. The van der Waals surface area contributed by atoms with Crippen molar-refractivity contribution >= 4 is 16.9 Å². The zero-order chi connectivity index (χ0) is 18.6. The van der Waals surface area contributed by atoms with E-state index in [1.165, 1.54) is 18.4 Å². The molecule has 0 spiro atoms. The van der Waals surface area contributed by atoms with Crippen LogP contribution in [-0.4, -0.2) is 38.4 Å². The van der Waals surface area contributed by atoms with Gasteiger partial charge in [0.2, 0.25) is 0 Å².